The van der Waals surface area contributed by atoms with E-state index < -0.39 is 0 Å². The minimum absolute atomic E-state index is 0.840. The summed E-state index contributed by atoms with van der Waals surface area (Å²) >= 11 is 0. The zero-order chi connectivity index (χ0) is 9.80. The Morgan fingerprint density at radius 2 is 2.29 bits per heavy atom. The van der Waals surface area contributed by atoms with Gasteiger partial charge in [-0.1, -0.05) is 0 Å². The summed E-state index contributed by atoms with van der Waals surface area (Å²) in [6.07, 6.45) is 5.56. The molecular weight excluding hydrogens is 176 g/mol. The third kappa shape index (κ3) is 2.35. The van der Waals surface area contributed by atoms with E-state index in [1.807, 2.05) is 6.20 Å². The van der Waals surface area contributed by atoms with Gasteiger partial charge in [0.15, 0.2) is 0 Å². The number of aromatic nitrogens is 2. The Bertz CT molecular complexity index is 277. The van der Waals surface area contributed by atoms with Gasteiger partial charge in [-0.05, 0) is 38.2 Å². The van der Waals surface area contributed by atoms with Gasteiger partial charge in [0, 0.05) is 31.6 Å². The lowest BCUT2D eigenvalue weighted by Crippen LogP contribution is -2.17. The highest BCUT2D eigenvalue weighted by molar-refractivity contribution is 4.96. The Hall–Kier alpha value is -0.830. The van der Waals surface area contributed by atoms with Crippen LogP contribution in [0.25, 0.3) is 0 Å². The van der Waals surface area contributed by atoms with Gasteiger partial charge in [-0.2, -0.15) is 5.10 Å². The minimum Gasteiger partial charge on any atom is -0.381 e. The molecule has 0 spiro atoms. The van der Waals surface area contributed by atoms with Gasteiger partial charge in [-0.15, -0.1) is 0 Å². The number of aryl methyl sites for hydroxylation is 2. The van der Waals surface area contributed by atoms with Crippen molar-refractivity contribution in [3.63, 3.8) is 0 Å². The van der Waals surface area contributed by atoms with Gasteiger partial charge in [0.05, 0.1) is 0 Å². The van der Waals surface area contributed by atoms with Crippen LogP contribution in [0.3, 0.4) is 0 Å². The summed E-state index contributed by atoms with van der Waals surface area (Å²) in [5.74, 6) is 0.840. The quantitative estimate of drug-likeness (QED) is 0.736. The summed E-state index contributed by atoms with van der Waals surface area (Å²) in [5, 5.41) is 4.29. The molecule has 1 aliphatic rings. The molecule has 0 radical (unpaired) electrons. The molecule has 0 aromatic carbocycles. The minimum atomic E-state index is 0.840. The van der Waals surface area contributed by atoms with E-state index in [1.165, 1.54) is 25.0 Å². The molecular formula is C11H18N2O. The SMILES string of the molecule is Cc1ccnn1CCC1CCOCC1. The van der Waals surface area contributed by atoms with Crippen LogP contribution in [0, 0.1) is 12.8 Å². The highest BCUT2D eigenvalue weighted by Gasteiger charge is 2.13. The van der Waals surface area contributed by atoms with Gasteiger partial charge in [0.2, 0.25) is 0 Å². The molecule has 0 amide bonds. The molecule has 2 heterocycles. The number of ether oxygens (including phenoxy) is 1. The molecule has 0 atom stereocenters. The van der Waals surface area contributed by atoms with Gasteiger partial charge in [0.1, 0.15) is 0 Å². The first kappa shape index (κ1) is 9.71. The average Bonchev–Trinajstić information content (AvgIpc) is 2.63. The zero-order valence-corrected chi connectivity index (χ0v) is 8.78. The van der Waals surface area contributed by atoms with Crippen molar-refractivity contribution in [3.05, 3.63) is 18.0 Å². The molecule has 78 valence electrons. The Kier molecular flexibility index (Phi) is 3.19. The van der Waals surface area contributed by atoms with Crippen LogP contribution < -0.4 is 0 Å². The average molecular weight is 194 g/mol. The Balaban J connectivity index is 1.79. The van der Waals surface area contributed by atoms with Crippen molar-refractivity contribution in [2.75, 3.05) is 13.2 Å². The molecule has 0 saturated carbocycles. The molecule has 1 aliphatic heterocycles. The summed E-state index contributed by atoms with van der Waals surface area (Å²) in [6, 6.07) is 2.06. The molecule has 0 N–H and O–H groups in total. The number of nitrogens with zero attached hydrogens (tertiary/aromatic N) is 2. The third-order valence-corrected chi connectivity index (χ3v) is 3.02. The maximum absolute atomic E-state index is 5.34. The van der Waals surface area contributed by atoms with E-state index in [4.69, 9.17) is 4.74 Å². The molecule has 3 heteroatoms. The second-order valence-electron chi connectivity index (χ2n) is 4.04. The number of hydrogen-bond acceptors (Lipinski definition) is 2. The molecule has 1 aromatic rings. The molecule has 0 unspecified atom stereocenters. The van der Waals surface area contributed by atoms with Gasteiger partial charge in [-0.3, -0.25) is 4.68 Å². The monoisotopic (exact) mass is 194 g/mol. The van der Waals surface area contributed by atoms with Crippen LogP contribution in [0.4, 0.5) is 0 Å². The first-order chi connectivity index (χ1) is 6.86. The smallest absolute Gasteiger partial charge is 0.0492 e. The molecule has 1 saturated heterocycles. The van der Waals surface area contributed by atoms with E-state index in [1.54, 1.807) is 0 Å². The Morgan fingerprint density at radius 3 is 2.93 bits per heavy atom. The van der Waals surface area contributed by atoms with Crippen molar-refractivity contribution < 1.29 is 4.74 Å². The van der Waals surface area contributed by atoms with E-state index in [0.29, 0.717) is 0 Å². The fourth-order valence-electron chi connectivity index (χ4n) is 1.97. The predicted molar refractivity (Wildman–Crippen MR) is 55.1 cm³/mol. The predicted octanol–water partition coefficient (Wildman–Crippen LogP) is 2.01. The largest absolute Gasteiger partial charge is 0.381 e. The van der Waals surface area contributed by atoms with Crippen LogP contribution in [0.2, 0.25) is 0 Å². The van der Waals surface area contributed by atoms with Gasteiger partial charge < -0.3 is 4.74 Å². The summed E-state index contributed by atoms with van der Waals surface area (Å²) in [7, 11) is 0. The highest BCUT2D eigenvalue weighted by atomic mass is 16.5. The van der Waals surface area contributed by atoms with E-state index >= 15 is 0 Å². The summed E-state index contributed by atoms with van der Waals surface area (Å²) < 4.78 is 7.43. The van der Waals surface area contributed by atoms with Crippen molar-refractivity contribution >= 4 is 0 Å². The van der Waals surface area contributed by atoms with Gasteiger partial charge in [-0.25, -0.2) is 0 Å². The van der Waals surface area contributed by atoms with Crippen LogP contribution in [-0.2, 0) is 11.3 Å². The van der Waals surface area contributed by atoms with Crippen LogP contribution in [0.15, 0.2) is 12.3 Å². The van der Waals surface area contributed by atoms with Crippen molar-refractivity contribution in [1.29, 1.82) is 0 Å². The standard InChI is InChI=1S/C11H18N2O/c1-10-2-6-12-13(10)7-3-11-4-8-14-9-5-11/h2,6,11H,3-5,7-9H2,1H3. The Morgan fingerprint density at radius 1 is 1.50 bits per heavy atom. The van der Waals surface area contributed by atoms with Crippen molar-refractivity contribution in [1.82, 2.24) is 9.78 Å². The summed E-state index contributed by atoms with van der Waals surface area (Å²) in [4.78, 5) is 0. The van der Waals surface area contributed by atoms with E-state index in [9.17, 15) is 0 Å². The molecule has 0 bridgehead atoms. The zero-order valence-electron chi connectivity index (χ0n) is 8.78. The molecule has 0 aliphatic carbocycles. The fraction of sp³-hybridized carbons (Fsp3) is 0.727. The first-order valence-electron chi connectivity index (χ1n) is 5.42. The van der Waals surface area contributed by atoms with Crippen LogP contribution in [-0.4, -0.2) is 23.0 Å². The number of rotatable bonds is 3. The van der Waals surface area contributed by atoms with Gasteiger partial charge in [0.25, 0.3) is 0 Å². The molecule has 2 rings (SSSR count). The van der Waals surface area contributed by atoms with Crippen molar-refractivity contribution in [2.24, 2.45) is 5.92 Å². The normalized spacial score (nSPS) is 18.6. The third-order valence-electron chi connectivity index (χ3n) is 3.02. The summed E-state index contributed by atoms with van der Waals surface area (Å²) in [6.45, 7) is 5.06. The second-order valence-corrected chi connectivity index (χ2v) is 4.04. The highest BCUT2D eigenvalue weighted by Crippen LogP contribution is 2.19. The fourth-order valence-corrected chi connectivity index (χ4v) is 1.97. The lowest BCUT2D eigenvalue weighted by atomic mass is 9.97. The van der Waals surface area contributed by atoms with Crippen LogP contribution in [0.1, 0.15) is 25.0 Å². The van der Waals surface area contributed by atoms with Crippen molar-refractivity contribution in [3.8, 4) is 0 Å². The van der Waals surface area contributed by atoms with Gasteiger partial charge >= 0.3 is 0 Å². The summed E-state index contributed by atoms with van der Waals surface area (Å²) in [5.41, 5.74) is 1.26. The maximum Gasteiger partial charge on any atom is 0.0492 e. The van der Waals surface area contributed by atoms with E-state index in [2.05, 4.69) is 22.8 Å². The molecule has 1 aromatic heterocycles. The molecule has 14 heavy (non-hydrogen) atoms. The maximum atomic E-state index is 5.34. The van der Waals surface area contributed by atoms with Crippen molar-refractivity contribution in [2.45, 2.75) is 32.7 Å². The molecule has 1 fully saturated rings. The lowest BCUT2D eigenvalue weighted by molar-refractivity contribution is 0.0622. The van der Waals surface area contributed by atoms with E-state index in [0.717, 1.165) is 25.7 Å². The lowest BCUT2D eigenvalue weighted by Gasteiger charge is -2.21. The van der Waals surface area contributed by atoms with E-state index in [-0.39, 0.29) is 0 Å². The van der Waals surface area contributed by atoms with Crippen LogP contribution in [0.5, 0.6) is 0 Å². The Labute approximate surface area is 85.1 Å². The first-order valence-corrected chi connectivity index (χ1v) is 5.42. The number of hydrogen-bond donors (Lipinski definition) is 0. The second kappa shape index (κ2) is 4.60. The molecule has 3 nitrogen and oxygen atoms in total. The topological polar surface area (TPSA) is 27.1 Å². The van der Waals surface area contributed by atoms with Crippen LogP contribution >= 0.6 is 0 Å².